The highest BCUT2D eigenvalue weighted by Crippen LogP contribution is 2.10. The lowest BCUT2D eigenvalue weighted by Gasteiger charge is -2.22. The van der Waals surface area contributed by atoms with Crippen LogP contribution < -0.4 is 0 Å². The van der Waals surface area contributed by atoms with Gasteiger partial charge in [-0.15, -0.1) is 0 Å². The van der Waals surface area contributed by atoms with Crippen LogP contribution in [0, 0.1) is 0 Å². The van der Waals surface area contributed by atoms with E-state index >= 15 is 0 Å². The molecule has 5 heteroatoms. The maximum Gasteiger partial charge on any atom is 0.502 e. The van der Waals surface area contributed by atoms with E-state index in [0.29, 0.717) is 6.04 Å². The third kappa shape index (κ3) is 2.35. The van der Waals surface area contributed by atoms with Gasteiger partial charge in [-0.3, -0.25) is 0 Å². The minimum atomic E-state index is -2.53. The van der Waals surface area contributed by atoms with E-state index in [9.17, 15) is 5.11 Å². The zero-order valence-corrected chi connectivity index (χ0v) is 7.55. The summed E-state index contributed by atoms with van der Waals surface area (Å²) in [6, 6.07) is 0.330. The molecular formula is C5H13O4Si. The molecular weight excluding hydrogens is 152 g/mol. The molecule has 0 saturated heterocycles. The molecule has 61 valence electrons. The van der Waals surface area contributed by atoms with Crippen molar-refractivity contribution in [3.8, 4) is 0 Å². The lowest BCUT2D eigenvalue weighted by Crippen LogP contribution is -2.43. The Balaban J connectivity index is 3.87. The fraction of sp³-hybridized carbons (Fsp3) is 1.00. The molecule has 0 heterocycles. The van der Waals surface area contributed by atoms with E-state index in [4.69, 9.17) is 13.3 Å². The van der Waals surface area contributed by atoms with Crippen LogP contribution in [-0.4, -0.2) is 36.7 Å². The van der Waals surface area contributed by atoms with Crippen LogP contribution in [0.25, 0.3) is 0 Å². The van der Waals surface area contributed by atoms with E-state index in [1.807, 2.05) is 0 Å². The third-order valence-electron chi connectivity index (χ3n) is 1.34. The Morgan fingerprint density at radius 2 is 1.50 bits per heavy atom. The summed E-state index contributed by atoms with van der Waals surface area (Å²) in [7, 11) is 1.95. The summed E-state index contributed by atoms with van der Waals surface area (Å²) in [5.41, 5.74) is 0. The van der Waals surface area contributed by atoms with Gasteiger partial charge in [0.25, 0.3) is 0 Å². The molecule has 0 amide bonds. The van der Waals surface area contributed by atoms with Gasteiger partial charge in [-0.25, -0.2) is 5.11 Å². The summed E-state index contributed by atoms with van der Waals surface area (Å²) in [6.07, 6.45) is 0. The highest BCUT2D eigenvalue weighted by molar-refractivity contribution is 6.60. The van der Waals surface area contributed by atoms with Gasteiger partial charge in [0.05, 0.1) is 6.61 Å². The SMILES string of the molecule is CO[Si](CC[O])(OC)OC. The molecule has 10 heavy (non-hydrogen) atoms. The van der Waals surface area contributed by atoms with E-state index in [1.165, 1.54) is 21.3 Å². The molecule has 0 unspecified atom stereocenters. The molecule has 0 saturated carbocycles. The quantitative estimate of drug-likeness (QED) is 0.550. The van der Waals surface area contributed by atoms with E-state index in [1.54, 1.807) is 0 Å². The maximum absolute atomic E-state index is 10.2. The zero-order chi connectivity index (χ0) is 8.04. The Hall–Kier alpha value is 0.0569. The number of rotatable bonds is 5. The average Bonchev–Trinajstić information content (AvgIpc) is 2.01. The highest BCUT2D eigenvalue weighted by Gasteiger charge is 2.36. The molecule has 0 aliphatic carbocycles. The Morgan fingerprint density at radius 1 is 1.10 bits per heavy atom. The van der Waals surface area contributed by atoms with Crippen LogP contribution in [0.15, 0.2) is 0 Å². The zero-order valence-electron chi connectivity index (χ0n) is 6.55. The van der Waals surface area contributed by atoms with Gasteiger partial charge >= 0.3 is 8.80 Å². The molecule has 0 aliphatic rings. The predicted molar refractivity (Wildman–Crippen MR) is 37.1 cm³/mol. The van der Waals surface area contributed by atoms with Crippen LogP contribution >= 0.6 is 0 Å². The van der Waals surface area contributed by atoms with Crippen molar-refractivity contribution in [2.75, 3.05) is 27.9 Å². The fourth-order valence-electron chi connectivity index (χ4n) is 0.681. The molecule has 0 aliphatic heterocycles. The molecule has 0 atom stereocenters. The van der Waals surface area contributed by atoms with Crippen molar-refractivity contribution in [2.24, 2.45) is 0 Å². The second-order valence-electron chi connectivity index (χ2n) is 1.75. The second kappa shape index (κ2) is 4.81. The molecule has 0 aromatic rings. The predicted octanol–water partition coefficient (Wildman–Crippen LogP) is 0.295. The van der Waals surface area contributed by atoms with E-state index in [2.05, 4.69) is 0 Å². The van der Waals surface area contributed by atoms with Crippen molar-refractivity contribution in [3.05, 3.63) is 0 Å². The normalized spacial score (nSPS) is 12.0. The minimum Gasteiger partial charge on any atom is -0.377 e. The first-order chi connectivity index (χ1) is 4.74. The minimum absolute atomic E-state index is 0.220. The van der Waals surface area contributed by atoms with Gasteiger partial charge in [0.1, 0.15) is 0 Å². The summed E-state index contributed by atoms with van der Waals surface area (Å²) in [6.45, 7) is -0.220. The summed E-state index contributed by atoms with van der Waals surface area (Å²) in [5, 5.41) is 10.2. The molecule has 0 N–H and O–H groups in total. The monoisotopic (exact) mass is 165 g/mol. The Bertz CT molecular complexity index is 75.5. The Labute approximate surface area is 62.1 Å². The van der Waals surface area contributed by atoms with E-state index in [-0.39, 0.29) is 6.61 Å². The van der Waals surface area contributed by atoms with Crippen molar-refractivity contribution in [2.45, 2.75) is 6.04 Å². The molecule has 0 aromatic heterocycles. The average molecular weight is 165 g/mol. The number of hydrogen-bond donors (Lipinski definition) is 0. The van der Waals surface area contributed by atoms with Crippen LogP contribution in [0.1, 0.15) is 0 Å². The van der Waals surface area contributed by atoms with Gasteiger partial charge < -0.3 is 13.3 Å². The van der Waals surface area contributed by atoms with E-state index in [0.717, 1.165) is 0 Å². The van der Waals surface area contributed by atoms with Crippen molar-refractivity contribution in [3.63, 3.8) is 0 Å². The van der Waals surface area contributed by atoms with E-state index < -0.39 is 8.80 Å². The van der Waals surface area contributed by atoms with Crippen molar-refractivity contribution in [1.82, 2.24) is 0 Å². The lowest BCUT2D eigenvalue weighted by atomic mass is 10.9. The first kappa shape index (κ1) is 10.1. The topological polar surface area (TPSA) is 47.6 Å². The summed E-state index contributed by atoms with van der Waals surface area (Å²) < 4.78 is 14.9. The summed E-state index contributed by atoms with van der Waals surface area (Å²) in [5.74, 6) is 0. The van der Waals surface area contributed by atoms with Crippen LogP contribution in [0.5, 0.6) is 0 Å². The maximum atomic E-state index is 10.2. The van der Waals surface area contributed by atoms with Crippen molar-refractivity contribution in [1.29, 1.82) is 0 Å². The molecule has 0 spiro atoms. The molecule has 1 radical (unpaired) electrons. The molecule has 0 bridgehead atoms. The third-order valence-corrected chi connectivity index (χ3v) is 4.02. The molecule has 4 nitrogen and oxygen atoms in total. The molecule has 0 aromatic carbocycles. The molecule has 0 fully saturated rings. The van der Waals surface area contributed by atoms with Gasteiger partial charge in [-0.05, 0) is 0 Å². The van der Waals surface area contributed by atoms with Gasteiger partial charge in [-0.2, -0.15) is 0 Å². The van der Waals surface area contributed by atoms with Gasteiger partial charge in [0.2, 0.25) is 0 Å². The van der Waals surface area contributed by atoms with Gasteiger partial charge in [0.15, 0.2) is 0 Å². The summed E-state index contributed by atoms with van der Waals surface area (Å²) >= 11 is 0. The summed E-state index contributed by atoms with van der Waals surface area (Å²) in [4.78, 5) is 0. The second-order valence-corrected chi connectivity index (χ2v) is 4.84. The standard InChI is InChI=1S/C5H13O4Si/c1-7-10(8-2,9-3)5-4-6/h4-5H2,1-3H3. The lowest BCUT2D eigenvalue weighted by molar-refractivity contribution is 0.107. The first-order valence-electron chi connectivity index (χ1n) is 2.98. The Morgan fingerprint density at radius 3 is 1.60 bits per heavy atom. The fourth-order valence-corrected chi connectivity index (χ4v) is 2.04. The Kier molecular flexibility index (Phi) is 4.84. The van der Waals surface area contributed by atoms with Crippen molar-refractivity contribution < 1.29 is 18.4 Å². The highest BCUT2D eigenvalue weighted by atomic mass is 28.4. The smallest absolute Gasteiger partial charge is 0.377 e. The van der Waals surface area contributed by atoms with Crippen molar-refractivity contribution >= 4 is 8.80 Å². The molecule has 0 rings (SSSR count). The van der Waals surface area contributed by atoms with Crippen LogP contribution in [-0.2, 0) is 18.4 Å². The van der Waals surface area contributed by atoms with Gasteiger partial charge in [-0.1, -0.05) is 0 Å². The van der Waals surface area contributed by atoms with Crippen LogP contribution in [0.4, 0.5) is 0 Å². The largest absolute Gasteiger partial charge is 0.502 e. The first-order valence-corrected chi connectivity index (χ1v) is 4.91. The van der Waals surface area contributed by atoms with Gasteiger partial charge in [0, 0.05) is 27.4 Å². The number of hydrogen-bond acceptors (Lipinski definition) is 3. The van der Waals surface area contributed by atoms with Crippen LogP contribution in [0.2, 0.25) is 6.04 Å². The van der Waals surface area contributed by atoms with Crippen LogP contribution in [0.3, 0.4) is 0 Å².